The van der Waals surface area contributed by atoms with Crippen molar-refractivity contribution in [1.82, 2.24) is 4.98 Å². The third-order valence-corrected chi connectivity index (χ3v) is 2.99. The van der Waals surface area contributed by atoms with Crippen molar-refractivity contribution in [2.45, 2.75) is 13.0 Å². The first-order valence-corrected chi connectivity index (χ1v) is 6.31. The van der Waals surface area contributed by atoms with Gasteiger partial charge in [0.2, 0.25) is 0 Å². The maximum atomic E-state index is 11.9. The second kappa shape index (κ2) is 4.93. The number of H-pyrrole nitrogens is 1. The Labute approximate surface area is 110 Å². The Morgan fingerprint density at radius 2 is 2.37 bits per heavy atom. The number of carbonyl (C=O) groups excluding carboxylic acids is 1. The molecule has 0 amide bonds. The summed E-state index contributed by atoms with van der Waals surface area (Å²) in [6.07, 6.45) is 1.84. The van der Waals surface area contributed by atoms with Crippen LogP contribution >= 0.6 is 0 Å². The van der Waals surface area contributed by atoms with E-state index in [4.69, 9.17) is 14.2 Å². The summed E-state index contributed by atoms with van der Waals surface area (Å²) in [6, 6.07) is 5.64. The summed E-state index contributed by atoms with van der Waals surface area (Å²) in [6.45, 7) is 3.39. The number of benzene rings is 1. The zero-order chi connectivity index (χ0) is 13.2. The second-order valence-electron chi connectivity index (χ2n) is 4.37. The van der Waals surface area contributed by atoms with Crippen molar-refractivity contribution in [2.24, 2.45) is 0 Å². The van der Waals surface area contributed by atoms with Gasteiger partial charge in [0.15, 0.2) is 0 Å². The van der Waals surface area contributed by atoms with E-state index in [0.29, 0.717) is 24.5 Å². The van der Waals surface area contributed by atoms with Crippen LogP contribution in [0.1, 0.15) is 17.3 Å². The van der Waals surface area contributed by atoms with Crippen LogP contribution in [0.3, 0.4) is 0 Å². The summed E-state index contributed by atoms with van der Waals surface area (Å²) in [7, 11) is 0. The van der Waals surface area contributed by atoms with Crippen LogP contribution in [0.2, 0.25) is 0 Å². The Bertz CT molecular complexity index is 601. The van der Waals surface area contributed by atoms with E-state index in [1.165, 1.54) is 0 Å². The molecule has 1 aliphatic heterocycles. The number of aromatic nitrogens is 1. The number of nitrogens with one attached hydrogen (secondary N) is 1. The van der Waals surface area contributed by atoms with Crippen LogP contribution in [0, 0.1) is 0 Å². The van der Waals surface area contributed by atoms with E-state index < -0.39 is 0 Å². The van der Waals surface area contributed by atoms with E-state index >= 15 is 0 Å². The largest absolute Gasteiger partial charge is 0.490 e. The molecule has 3 rings (SSSR count). The number of epoxide rings is 1. The SMILES string of the molecule is CCOC(=O)c1c[nH]c2cccc(OCC3CO3)c12. The summed E-state index contributed by atoms with van der Waals surface area (Å²) in [5.41, 5.74) is 1.36. The van der Waals surface area contributed by atoms with Gasteiger partial charge in [0.1, 0.15) is 18.5 Å². The lowest BCUT2D eigenvalue weighted by Gasteiger charge is -2.07. The maximum absolute atomic E-state index is 11.9. The molecular weight excluding hydrogens is 246 g/mol. The topological polar surface area (TPSA) is 63.9 Å². The fraction of sp³-hybridized carbons (Fsp3) is 0.357. The van der Waals surface area contributed by atoms with Gasteiger partial charge < -0.3 is 19.2 Å². The van der Waals surface area contributed by atoms with Gasteiger partial charge in [-0.05, 0) is 19.1 Å². The molecule has 0 spiro atoms. The van der Waals surface area contributed by atoms with Gasteiger partial charge in [-0.1, -0.05) is 6.07 Å². The Hall–Kier alpha value is -2.01. The van der Waals surface area contributed by atoms with E-state index in [0.717, 1.165) is 17.5 Å². The summed E-state index contributed by atoms with van der Waals surface area (Å²) >= 11 is 0. The molecule has 5 heteroatoms. The molecule has 100 valence electrons. The van der Waals surface area contributed by atoms with Crippen molar-refractivity contribution < 1.29 is 19.0 Å². The number of hydrogen-bond donors (Lipinski definition) is 1. The van der Waals surface area contributed by atoms with Gasteiger partial charge in [-0.15, -0.1) is 0 Å². The summed E-state index contributed by atoms with van der Waals surface area (Å²) < 4.78 is 15.9. The third-order valence-electron chi connectivity index (χ3n) is 2.99. The molecule has 0 radical (unpaired) electrons. The Morgan fingerprint density at radius 3 is 3.11 bits per heavy atom. The van der Waals surface area contributed by atoms with Crippen molar-refractivity contribution in [2.75, 3.05) is 19.8 Å². The minimum Gasteiger partial charge on any atom is -0.490 e. The molecule has 5 nitrogen and oxygen atoms in total. The first-order chi connectivity index (χ1) is 9.29. The minimum absolute atomic E-state index is 0.181. The van der Waals surface area contributed by atoms with E-state index in [1.54, 1.807) is 13.1 Å². The van der Waals surface area contributed by atoms with Crippen molar-refractivity contribution in [3.63, 3.8) is 0 Å². The van der Waals surface area contributed by atoms with Gasteiger partial charge in [0, 0.05) is 6.20 Å². The van der Waals surface area contributed by atoms with Gasteiger partial charge in [-0.2, -0.15) is 0 Å². The zero-order valence-corrected chi connectivity index (χ0v) is 10.6. The monoisotopic (exact) mass is 261 g/mol. The predicted molar refractivity (Wildman–Crippen MR) is 69.5 cm³/mol. The molecule has 1 N–H and O–H groups in total. The molecule has 19 heavy (non-hydrogen) atoms. The fourth-order valence-corrected chi connectivity index (χ4v) is 1.99. The van der Waals surface area contributed by atoms with Crippen molar-refractivity contribution >= 4 is 16.9 Å². The molecule has 1 unspecified atom stereocenters. The molecule has 1 aromatic carbocycles. The molecule has 1 atom stereocenters. The van der Waals surface area contributed by atoms with Crippen molar-refractivity contribution in [3.05, 3.63) is 30.0 Å². The third kappa shape index (κ3) is 2.42. The Balaban J connectivity index is 1.95. The highest BCUT2D eigenvalue weighted by atomic mass is 16.6. The van der Waals surface area contributed by atoms with Gasteiger partial charge in [-0.3, -0.25) is 0 Å². The van der Waals surface area contributed by atoms with Gasteiger partial charge >= 0.3 is 5.97 Å². The highest BCUT2D eigenvalue weighted by Crippen LogP contribution is 2.30. The van der Waals surface area contributed by atoms with Gasteiger partial charge in [0.25, 0.3) is 0 Å². The number of ether oxygens (including phenoxy) is 3. The quantitative estimate of drug-likeness (QED) is 0.661. The number of fused-ring (bicyclic) bond motifs is 1. The van der Waals surface area contributed by atoms with Gasteiger partial charge in [-0.25, -0.2) is 4.79 Å². The van der Waals surface area contributed by atoms with Crippen molar-refractivity contribution in [3.8, 4) is 5.75 Å². The summed E-state index contributed by atoms with van der Waals surface area (Å²) in [5.74, 6) is 0.338. The molecule has 1 fully saturated rings. The van der Waals surface area contributed by atoms with Crippen LogP contribution in [0.15, 0.2) is 24.4 Å². The standard InChI is InChI=1S/C14H15NO4/c1-2-17-14(16)10-6-15-11-4-3-5-12(13(10)11)19-8-9-7-18-9/h3-6,9,15H,2,7-8H2,1H3. The molecule has 2 heterocycles. The second-order valence-corrected chi connectivity index (χ2v) is 4.37. The van der Waals surface area contributed by atoms with E-state index in [2.05, 4.69) is 4.98 Å². The maximum Gasteiger partial charge on any atom is 0.340 e. The number of aromatic amines is 1. The van der Waals surface area contributed by atoms with Crippen LogP contribution < -0.4 is 4.74 Å². The average Bonchev–Trinajstić information content (AvgIpc) is 3.13. The Morgan fingerprint density at radius 1 is 1.53 bits per heavy atom. The predicted octanol–water partition coefficient (Wildman–Crippen LogP) is 2.12. The van der Waals surface area contributed by atoms with E-state index in [1.807, 2.05) is 18.2 Å². The number of carbonyl (C=O) groups is 1. The highest BCUT2D eigenvalue weighted by molar-refractivity contribution is 6.06. The minimum atomic E-state index is -0.340. The Kier molecular flexibility index (Phi) is 3.13. The average molecular weight is 261 g/mol. The first kappa shape index (κ1) is 12.0. The van der Waals surface area contributed by atoms with Crippen LogP contribution in [0.5, 0.6) is 5.75 Å². The zero-order valence-electron chi connectivity index (χ0n) is 10.6. The summed E-state index contributed by atoms with van der Waals surface area (Å²) in [5, 5.41) is 0.765. The van der Waals surface area contributed by atoms with E-state index in [9.17, 15) is 4.79 Å². The molecule has 1 saturated heterocycles. The lowest BCUT2D eigenvalue weighted by molar-refractivity contribution is 0.0528. The first-order valence-electron chi connectivity index (χ1n) is 6.31. The van der Waals surface area contributed by atoms with Crippen LogP contribution in [-0.2, 0) is 9.47 Å². The van der Waals surface area contributed by atoms with E-state index in [-0.39, 0.29) is 12.1 Å². The van der Waals surface area contributed by atoms with Crippen LogP contribution in [-0.4, -0.2) is 36.9 Å². The van der Waals surface area contributed by atoms with Crippen LogP contribution in [0.25, 0.3) is 10.9 Å². The normalized spacial score (nSPS) is 17.4. The van der Waals surface area contributed by atoms with Crippen molar-refractivity contribution in [1.29, 1.82) is 0 Å². The molecular formula is C14H15NO4. The smallest absolute Gasteiger partial charge is 0.340 e. The molecule has 0 bridgehead atoms. The highest BCUT2D eigenvalue weighted by Gasteiger charge is 2.24. The lowest BCUT2D eigenvalue weighted by Crippen LogP contribution is -2.06. The molecule has 2 aromatic rings. The molecule has 0 aliphatic carbocycles. The molecule has 1 aromatic heterocycles. The molecule has 0 saturated carbocycles. The number of esters is 1. The lowest BCUT2D eigenvalue weighted by atomic mass is 10.1. The number of rotatable bonds is 5. The molecule has 1 aliphatic rings. The van der Waals surface area contributed by atoms with Gasteiger partial charge in [0.05, 0.1) is 29.7 Å². The fourth-order valence-electron chi connectivity index (χ4n) is 1.99. The van der Waals surface area contributed by atoms with Crippen LogP contribution in [0.4, 0.5) is 0 Å². The number of hydrogen-bond acceptors (Lipinski definition) is 4. The summed E-state index contributed by atoms with van der Waals surface area (Å²) in [4.78, 5) is 15.0.